The van der Waals surface area contributed by atoms with E-state index in [1.54, 1.807) is 12.0 Å². The fourth-order valence-corrected chi connectivity index (χ4v) is 5.12. The molecule has 32 heavy (non-hydrogen) atoms. The molecular weight excluding hydrogens is 467 g/mol. The van der Waals surface area contributed by atoms with Crippen molar-refractivity contribution in [1.29, 1.82) is 0 Å². The Hall–Kier alpha value is -3.34. The number of carbonyl (C=O) groups is 1. The van der Waals surface area contributed by atoms with Gasteiger partial charge in [-0.05, 0) is 0 Å². The van der Waals surface area contributed by atoms with Gasteiger partial charge in [-0.2, -0.15) is 0 Å². The third kappa shape index (κ3) is 4.93. The Balaban J connectivity index is 1.68. The number of amidine groups is 1. The van der Waals surface area contributed by atoms with Gasteiger partial charge in [0.05, 0.1) is 0 Å². The summed E-state index contributed by atoms with van der Waals surface area (Å²) in [6, 6.07) is 23.5. The molecule has 0 bridgehead atoms. The zero-order valence-corrected chi connectivity index (χ0v) is 20.0. The van der Waals surface area contributed by atoms with Crippen LogP contribution in [0, 0.1) is 6.92 Å². The van der Waals surface area contributed by atoms with Gasteiger partial charge in [0, 0.05) is 0 Å². The van der Waals surface area contributed by atoms with E-state index >= 15 is 0 Å². The predicted octanol–water partition coefficient (Wildman–Crippen LogP) is 4.18. The molecule has 0 fully saturated rings. The van der Waals surface area contributed by atoms with E-state index in [4.69, 9.17) is 14.5 Å². The van der Waals surface area contributed by atoms with Crippen LogP contribution >= 0.6 is 0 Å². The van der Waals surface area contributed by atoms with Gasteiger partial charge < -0.3 is 0 Å². The Kier molecular flexibility index (Phi) is 6.74. The van der Waals surface area contributed by atoms with Crippen molar-refractivity contribution in [3.05, 3.63) is 89.6 Å². The van der Waals surface area contributed by atoms with E-state index in [-0.39, 0.29) is 20.9 Å². The molecule has 0 N–H and O–H groups in total. The maximum absolute atomic E-state index is 13.4. The van der Waals surface area contributed by atoms with Crippen molar-refractivity contribution in [2.75, 3.05) is 18.6 Å². The first kappa shape index (κ1) is 21.9. The van der Waals surface area contributed by atoms with E-state index in [0.717, 1.165) is 31.9 Å². The van der Waals surface area contributed by atoms with Gasteiger partial charge in [0.2, 0.25) is 0 Å². The van der Waals surface area contributed by atoms with E-state index < -0.39 is 0 Å². The van der Waals surface area contributed by atoms with Crippen LogP contribution in [0.2, 0.25) is 0 Å². The first-order chi connectivity index (χ1) is 15.6. The zero-order valence-electron chi connectivity index (χ0n) is 18.2. The number of methoxy groups -OCH3 is 1. The normalized spacial score (nSPS) is 14.6. The van der Waals surface area contributed by atoms with Gasteiger partial charge in [-0.1, -0.05) is 0 Å². The van der Waals surface area contributed by atoms with Crippen LogP contribution in [0.4, 0.5) is 5.69 Å². The van der Waals surface area contributed by atoms with Crippen LogP contribution in [0.15, 0.2) is 83.5 Å². The van der Waals surface area contributed by atoms with Crippen LogP contribution in [-0.2, 0) is 4.79 Å². The second kappa shape index (κ2) is 9.86. The standard InChI is InChI=1S/C26H24N2O3Se/c1-4-31-22-11-7-19(8-12-22)17-24-25(29)28(20-9-13-21(30-3)14-10-20)26(27-24)32-23-15-5-18(2)6-16-23/h5-17H,4H2,1-3H3/b24-17-. The summed E-state index contributed by atoms with van der Waals surface area (Å²) < 4.78 is 12.7. The molecule has 0 aromatic heterocycles. The second-order valence-corrected chi connectivity index (χ2v) is 9.36. The number of carbonyl (C=O) groups excluding carboxylic acids is 1. The van der Waals surface area contributed by atoms with E-state index in [1.165, 1.54) is 5.56 Å². The van der Waals surface area contributed by atoms with Gasteiger partial charge in [-0.15, -0.1) is 0 Å². The van der Waals surface area contributed by atoms with Crippen LogP contribution in [0.5, 0.6) is 11.5 Å². The fourth-order valence-electron chi connectivity index (χ4n) is 3.22. The maximum atomic E-state index is 13.4. The van der Waals surface area contributed by atoms with Gasteiger partial charge >= 0.3 is 195 Å². The monoisotopic (exact) mass is 492 g/mol. The molecule has 3 aromatic rings. The number of nitrogens with zero attached hydrogens (tertiary/aromatic N) is 2. The molecule has 0 unspecified atom stereocenters. The van der Waals surface area contributed by atoms with Crippen LogP contribution in [0.1, 0.15) is 18.1 Å². The van der Waals surface area contributed by atoms with Crippen molar-refractivity contribution < 1.29 is 14.3 Å². The van der Waals surface area contributed by atoms with Crippen molar-refractivity contribution in [1.82, 2.24) is 0 Å². The summed E-state index contributed by atoms with van der Waals surface area (Å²) >= 11 is -0.127. The number of anilines is 1. The number of rotatable bonds is 7. The van der Waals surface area contributed by atoms with Gasteiger partial charge in [0.25, 0.3) is 0 Å². The molecule has 0 saturated heterocycles. The van der Waals surface area contributed by atoms with Gasteiger partial charge in [0.1, 0.15) is 0 Å². The first-order valence-corrected chi connectivity index (χ1v) is 12.0. The first-order valence-electron chi connectivity index (χ1n) is 10.3. The molecule has 1 aliphatic rings. The van der Waals surface area contributed by atoms with Crippen molar-refractivity contribution in [2.24, 2.45) is 4.99 Å². The molecule has 0 spiro atoms. The Labute approximate surface area is 194 Å². The molecule has 0 saturated carbocycles. The van der Waals surface area contributed by atoms with E-state index in [0.29, 0.717) is 12.3 Å². The number of benzene rings is 3. The summed E-state index contributed by atoms with van der Waals surface area (Å²) in [5, 5.41) is 0. The number of amides is 1. The van der Waals surface area contributed by atoms with Crippen molar-refractivity contribution in [2.45, 2.75) is 13.8 Å². The summed E-state index contributed by atoms with van der Waals surface area (Å²) in [4.78, 5) is 19.9. The quantitative estimate of drug-likeness (QED) is 0.368. The summed E-state index contributed by atoms with van der Waals surface area (Å²) in [5.74, 6) is 1.42. The summed E-state index contributed by atoms with van der Waals surface area (Å²) in [6.45, 7) is 4.63. The van der Waals surface area contributed by atoms with Gasteiger partial charge in [0.15, 0.2) is 0 Å². The zero-order chi connectivity index (χ0) is 22.5. The van der Waals surface area contributed by atoms with E-state index in [9.17, 15) is 4.79 Å². The second-order valence-electron chi connectivity index (χ2n) is 7.18. The summed E-state index contributed by atoms with van der Waals surface area (Å²) in [7, 11) is 1.63. The third-order valence-corrected chi connectivity index (χ3v) is 6.91. The van der Waals surface area contributed by atoms with Crippen molar-refractivity contribution in [3.63, 3.8) is 0 Å². The molecule has 1 amide bonds. The van der Waals surface area contributed by atoms with Crippen molar-refractivity contribution in [3.8, 4) is 11.5 Å². The molecule has 5 nitrogen and oxygen atoms in total. The van der Waals surface area contributed by atoms with Crippen molar-refractivity contribution >= 4 is 41.8 Å². The van der Waals surface area contributed by atoms with E-state index in [1.807, 2.05) is 61.5 Å². The van der Waals surface area contributed by atoms with Crippen LogP contribution < -0.4 is 18.8 Å². The molecule has 4 rings (SSSR count). The van der Waals surface area contributed by atoms with Gasteiger partial charge in [-0.25, -0.2) is 0 Å². The number of hydrogen-bond acceptors (Lipinski definition) is 4. The Bertz CT molecular complexity index is 1150. The molecule has 162 valence electrons. The molecule has 0 aliphatic carbocycles. The Morgan fingerprint density at radius 2 is 1.59 bits per heavy atom. The minimum absolute atomic E-state index is 0.127. The number of aryl methyl sites for hydroxylation is 1. The molecule has 1 aliphatic heterocycles. The van der Waals surface area contributed by atoms with Crippen LogP contribution in [0.25, 0.3) is 6.08 Å². The average molecular weight is 491 g/mol. The predicted molar refractivity (Wildman–Crippen MR) is 130 cm³/mol. The molecule has 0 atom stereocenters. The van der Waals surface area contributed by atoms with Gasteiger partial charge in [-0.3, -0.25) is 0 Å². The molecule has 0 radical (unpaired) electrons. The molecule has 6 heteroatoms. The summed E-state index contributed by atoms with van der Waals surface area (Å²) in [5.41, 5.74) is 3.31. The third-order valence-electron chi connectivity index (χ3n) is 4.88. The minimum atomic E-state index is -0.131. The average Bonchev–Trinajstić information content (AvgIpc) is 3.11. The summed E-state index contributed by atoms with van der Waals surface area (Å²) in [6.07, 6.45) is 1.83. The van der Waals surface area contributed by atoms with Crippen LogP contribution in [-0.4, -0.2) is 39.3 Å². The molecule has 3 aromatic carbocycles. The number of aliphatic imine (C=N–C) groups is 1. The Morgan fingerprint density at radius 1 is 0.938 bits per heavy atom. The molecular formula is C26H24N2O3Se. The topological polar surface area (TPSA) is 51.1 Å². The molecule has 1 heterocycles. The fraction of sp³-hybridized carbons (Fsp3) is 0.154. The van der Waals surface area contributed by atoms with Crippen LogP contribution in [0.3, 0.4) is 0 Å². The number of ether oxygens (including phenoxy) is 2. The SMILES string of the molecule is CCOc1ccc(/C=C2\N=C([Se]c3ccc(C)cc3)N(c3ccc(OC)cc3)C2=O)cc1. The van der Waals surface area contributed by atoms with E-state index in [2.05, 4.69) is 31.2 Å². The number of hydrogen-bond donors (Lipinski definition) is 0. The Morgan fingerprint density at radius 3 is 2.22 bits per heavy atom.